The summed E-state index contributed by atoms with van der Waals surface area (Å²) in [7, 11) is 0. The van der Waals surface area contributed by atoms with Gasteiger partial charge in [0.25, 0.3) is 0 Å². The van der Waals surface area contributed by atoms with E-state index >= 15 is 0 Å². The average molecular weight is 294 g/mol. The highest BCUT2D eigenvalue weighted by molar-refractivity contribution is 14.1. The maximum Gasteiger partial charge on any atom is 0.172 e. The van der Waals surface area contributed by atoms with Crippen LogP contribution in [0.15, 0.2) is 18.2 Å². The molecule has 0 saturated heterocycles. The molecule has 0 atom stereocenters. The van der Waals surface area contributed by atoms with Gasteiger partial charge in [0.15, 0.2) is 5.06 Å². The van der Waals surface area contributed by atoms with E-state index in [1.54, 1.807) is 12.1 Å². The second-order valence-electron chi connectivity index (χ2n) is 2.36. The van der Waals surface area contributed by atoms with Crippen LogP contribution in [-0.2, 0) is 0 Å². The highest BCUT2D eigenvalue weighted by atomic mass is 127. The van der Waals surface area contributed by atoms with Crippen LogP contribution < -0.4 is 0 Å². The maximum absolute atomic E-state index is 13.0. The van der Waals surface area contributed by atoms with Gasteiger partial charge in [-0.05, 0) is 40.1 Å². The molecule has 0 bridgehead atoms. The number of thiophene rings is 1. The van der Waals surface area contributed by atoms with Crippen molar-refractivity contribution in [1.82, 2.24) is 0 Å². The molecule has 1 heterocycles. The predicted molar refractivity (Wildman–Crippen MR) is 56.2 cm³/mol. The van der Waals surface area contributed by atoms with Gasteiger partial charge in [0.2, 0.25) is 0 Å². The van der Waals surface area contributed by atoms with Gasteiger partial charge in [-0.2, -0.15) is 0 Å². The Morgan fingerprint density at radius 2 is 2.17 bits per heavy atom. The van der Waals surface area contributed by atoms with Crippen LogP contribution in [0.5, 0.6) is 5.06 Å². The Bertz CT molecular complexity index is 438. The van der Waals surface area contributed by atoms with Crippen molar-refractivity contribution in [2.24, 2.45) is 0 Å². The molecule has 1 nitrogen and oxygen atoms in total. The van der Waals surface area contributed by atoms with Gasteiger partial charge in [-0.15, -0.1) is 0 Å². The number of aromatic hydroxyl groups is 1. The molecule has 0 aliphatic heterocycles. The Labute approximate surface area is 86.0 Å². The topological polar surface area (TPSA) is 20.2 Å². The predicted octanol–water partition coefficient (Wildman–Crippen LogP) is 3.35. The van der Waals surface area contributed by atoms with Crippen molar-refractivity contribution in [3.8, 4) is 5.06 Å². The summed E-state index contributed by atoms with van der Waals surface area (Å²) >= 11 is 3.14. The van der Waals surface area contributed by atoms with Crippen molar-refractivity contribution in [2.45, 2.75) is 0 Å². The molecule has 0 aliphatic rings. The Morgan fingerprint density at radius 3 is 2.92 bits per heavy atom. The molecule has 2 aromatic rings. The highest BCUT2D eigenvalue weighted by Crippen LogP contribution is 2.34. The fourth-order valence-electron chi connectivity index (χ4n) is 1.03. The molecule has 62 valence electrons. The second kappa shape index (κ2) is 2.85. The van der Waals surface area contributed by atoms with E-state index in [4.69, 9.17) is 5.11 Å². The summed E-state index contributed by atoms with van der Waals surface area (Å²) in [5, 5.41) is 10.3. The zero-order chi connectivity index (χ0) is 8.72. The van der Waals surface area contributed by atoms with Crippen LogP contribution in [0.2, 0.25) is 0 Å². The standard InChI is InChI=1S/C8H4FIOS/c9-5-2-1-4-3-6(11)12-8(4)7(5)10/h1-3,11H. The van der Waals surface area contributed by atoms with Crippen LogP contribution in [0.4, 0.5) is 4.39 Å². The summed E-state index contributed by atoms with van der Waals surface area (Å²) < 4.78 is 14.4. The molecule has 0 saturated carbocycles. The van der Waals surface area contributed by atoms with Crippen molar-refractivity contribution in [3.05, 3.63) is 27.6 Å². The van der Waals surface area contributed by atoms with E-state index < -0.39 is 0 Å². The van der Waals surface area contributed by atoms with E-state index in [9.17, 15) is 4.39 Å². The van der Waals surface area contributed by atoms with E-state index in [0.29, 0.717) is 3.57 Å². The highest BCUT2D eigenvalue weighted by Gasteiger charge is 2.07. The summed E-state index contributed by atoms with van der Waals surface area (Å²) in [4.78, 5) is 0. The van der Waals surface area contributed by atoms with Crippen LogP contribution >= 0.6 is 33.9 Å². The van der Waals surface area contributed by atoms with Gasteiger partial charge in [-0.1, -0.05) is 17.4 Å². The average Bonchev–Trinajstić information content (AvgIpc) is 2.39. The number of benzene rings is 1. The monoisotopic (exact) mass is 294 g/mol. The number of halogens is 2. The summed E-state index contributed by atoms with van der Waals surface area (Å²) in [5.74, 6) is -0.232. The van der Waals surface area contributed by atoms with E-state index in [-0.39, 0.29) is 10.9 Å². The van der Waals surface area contributed by atoms with Gasteiger partial charge in [-0.3, -0.25) is 0 Å². The quantitative estimate of drug-likeness (QED) is 0.739. The Balaban J connectivity index is 2.89. The second-order valence-corrected chi connectivity index (χ2v) is 4.47. The first-order valence-corrected chi connectivity index (χ1v) is 5.14. The van der Waals surface area contributed by atoms with Crippen molar-refractivity contribution in [1.29, 1.82) is 0 Å². The van der Waals surface area contributed by atoms with E-state index in [1.165, 1.54) is 17.4 Å². The van der Waals surface area contributed by atoms with Crippen LogP contribution in [0.25, 0.3) is 10.1 Å². The molecule has 0 unspecified atom stereocenters. The molecule has 1 N–H and O–H groups in total. The minimum Gasteiger partial charge on any atom is -0.499 e. The van der Waals surface area contributed by atoms with Crippen LogP contribution in [0.1, 0.15) is 0 Å². The van der Waals surface area contributed by atoms with Crippen molar-refractivity contribution in [2.75, 3.05) is 0 Å². The van der Waals surface area contributed by atoms with Crippen LogP contribution in [0.3, 0.4) is 0 Å². The number of hydrogen-bond acceptors (Lipinski definition) is 2. The number of hydrogen-bond donors (Lipinski definition) is 1. The third-order valence-corrected chi connectivity index (χ3v) is 3.96. The molecule has 1 aromatic carbocycles. The van der Waals surface area contributed by atoms with E-state index in [1.807, 2.05) is 22.6 Å². The fourth-order valence-corrected chi connectivity index (χ4v) is 2.68. The molecule has 4 heteroatoms. The van der Waals surface area contributed by atoms with Gasteiger partial charge >= 0.3 is 0 Å². The van der Waals surface area contributed by atoms with E-state index in [0.717, 1.165) is 10.1 Å². The number of rotatable bonds is 0. The van der Waals surface area contributed by atoms with Crippen molar-refractivity contribution < 1.29 is 9.50 Å². The lowest BCUT2D eigenvalue weighted by atomic mass is 10.3. The van der Waals surface area contributed by atoms with E-state index in [2.05, 4.69) is 0 Å². The first-order chi connectivity index (χ1) is 5.68. The maximum atomic E-state index is 13.0. The number of fused-ring (bicyclic) bond motifs is 1. The Kier molecular flexibility index (Phi) is 1.96. The van der Waals surface area contributed by atoms with Crippen molar-refractivity contribution >= 4 is 44.0 Å². The summed E-state index contributed by atoms with van der Waals surface area (Å²) in [6, 6.07) is 4.72. The third-order valence-electron chi connectivity index (χ3n) is 1.57. The first-order valence-electron chi connectivity index (χ1n) is 3.25. The molecular weight excluding hydrogens is 290 g/mol. The fraction of sp³-hybridized carbons (Fsp3) is 0. The molecule has 0 radical (unpaired) electrons. The molecule has 12 heavy (non-hydrogen) atoms. The van der Waals surface area contributed by atoms with Gasteiger partial charge < -0.3 is 5.11 Å². The minimum absolute atomic E-state index is 0.230. The van der Waals surface area contributed by atoms with Gasteiger partial charge in [-0.25, -0.2) is 4.39 Å². The Hall–Kier alpha value is -0.360. The molecule has 0 spiro atoms. The molecule has 0 aliphatic carbocycles. The smallest absolute Gasteiger partial charge is 0.172 e. The van der Waals surface area contributed by atoms with Crippen molar-refractivity contribution in [3.63, 3.8) is 0 Å². The molecule has 0 fully saturated rings. The van der Waals surface area contributed by atoms with Gasteiger partial charge in [0.05, 0.1) is 8.27 Å². The summed E-state index contributed by atoms with van der Waals surface area (Å²) in [6.45, 7) is 0. The first kappa shape index (κ1) is 8.25. The van der Waals surface area contributed by atoms with Crippen LogP contribution in [-0.4, -0.2) is 5.11 Å². The third kappa shape index (κ3) is 1.19. The zero-order valence-corrected chi connectivity index (χ0v) is 8.82. The lowest BCUT2D eigenvalue weighted by molar-refractivity contribution is 0.491. The van der Waals surface area contributed by atoms with Crippen LogP contribution in [0, 0.1) is 9.39 Å². The lowest BCUT2D eigenvalue weighted by Gasteiger charge is -1.93. The SMILES string of the molecule is Oc1cc2ccc(F)c(I)c2s1. The van der Waals surface area contributed by atoms with Gasteiger partial charge in [0, 0.05) is 0 Å². The minimum atomic E-state index is -0.232. The Morgan fingerprint density at radius 1 is 1.42 bits per heavy atom. The molecule has 1 aromatic heterocycles. The summed E-state index contributed by atoms with van der Waals surface area (Å²) in [6.07, 6.45) is 0. The normalized spacial score (nSPS) is 10.8. The molecule has 2 rings (SSSR count). The molecule has 0 amide bonds. The van der Waals surface area contributed by atoms with Gasteiger partial charge in [0.1, 0.15) is 5.82 Å². The summed E-state index contributed by atoms with van der Waals surface area (Å²) in [5.41, 5.74) is 0. The molecular formula is C8H4FIOS. The lowest BCUT2D eigenvalue weighted by Crippen LogP contribution is -1.78. The largest absolute Gasteiger partial charge is 0.499 e. The zero-order valence-electron chi connectivity index (χ0n) is 5.84.